The van der Waals surface area contributed by atoms with Crippen LogP contribution in [0.1, 0.15) is 30.9 Å². The summed E-state index contributed by atoms with van der Waals surface area (Å²) >= 11 is 0. The smallest absolute Gasteiger partial charge is 0.417 e. The molecular weight excluding hydrogens is 393 g/mol. The van der Waals surface area contributed by atoms with Gasteiger partial charge in [0.25, 0.3) is 0 Å². The summed E-state index contributed by atoms with van der Waals surface area (Å²) in [5, 5.41) is 3.31. The molecule has 0 unspecified atom stereocenters. The molecule has 1 aromatic heterocycles. The predicted molar refractivity (Wildman–Crippen MR) is 104 cm³/mol. The topological polar surface area (TPSA) is 43.4 Å². The first-order valence-corrected chi connectivity index (χ1v) is 8.83. The van der Waals surface area contributed by atoms with Crippen molar-refractivity contribution in [1.29, 1.82) is 0 Å². The Morgan fingerprint density at radius 1 is 1.11 bits per heavy atom. The molecule has 2 aromatic rings. The van der Waals surface area contributed by atoms with Gasteiger partial charge in [-0.15, -0.1) is 12.4 Å². The third-order valence-corrected chi connectivity index (χ3v) is 4.12. The molecule has 0 spiro atoms. The van der Waals surface area contributed by atoms with E-state index in [0.717, 1.165) is 43.8 Å². The van der Waals surface area contributed by atoms with Crippen LogP contribution < -0.4 is 14.8 Å². The van der Waals surface area contributed by atoms with Crippen molar-refractivity contribution < 1.29 is 22.6 Å². The summed E-state index contributed by atoms with van der Waals surface area (Å²) < 4.78 is 49.2. The van der Waals surface area contributed by atoms with Gasteiger partial charge in [-0.05, 0) is 56.6 Å². The van der Waals surface area contributed by atoms with E-state index in [1.165, 1.54) is 11.6 Å². The molecule has 0 atom stereocenters. The van der Waals surface area contributed by atoms with E-state index in [1.54, 1.807) is 6.07 Å². The molecule has 1 fully saturated rings. The summed E-state index contributed by atoms with van der Waals surface area (Å²) in [4.78, 5) is 3.75. The fourth-order valence-corrected chi connectivity index (χ4v) is 2.84. The second kappa shape index (κ2) is 9.80. The fraction of sp³-hybridized carbons (Fsp3) is 0.350. The van der Waals surface area contributed by atoms with Gasteiger partial charge in [-0.3, -0.25) is 0 Å². The van der Waals surface area contributed by atoms with Crippen LogP contribution in [-0.4, -0.2) is 24.7 Å². The first kappa shape index (κ1) is 22.0. The Balaban J connectivity index is 0.00000280. The van der Waals surface area contributed by atoms with Crippen LogP contribution in [0.3, 0.4) is 0 Å². The number of benzene rings is 1. The number of aromatic nitrogens is 1. The van der Waals surface area contributed by atoms with Gasteiger partial charge in [-0.2, -0.15) is 13.2 Å². The lowest BCUT2D eigenvalue weighted by Gasteiger charge is -2.16. The normalized spacial score (nSPS) is 14.2. The fourth-order valence-electron chi connectivity index (χ4n) is 2.84. The quantitative estimate of drug-likeness (QED) is 0.703. The zero-order valence-electron chi connectivity index (χ0n) is 15.4. The molecule has 152 valence electrons. The van der Waals surface area contributed by atoms with Gasteiger partial charge in [0, 0.05) is 18.3 Å². The molecule has 28 heavy (non-hydrogen) atoms. The molecule has 8 heteroatoms. The minimum absolute atomic E-state index is 0. The molecule has 1 aliphatic heterocycles. The maximum Gasteiger partial charge on any atom is 0.417 e. The minimum atomic E-state index is -4.42. The SMILES string of the molecule is CCOc1cc(C=C2CCNCC2)cc(Oc2ccc(C(F)(F)F)cn2)c1.Cl. The second-order valence-electron chi connectivity index (χ2n) is 6.21. The van der Waals surface area contributed by atoms with Crippen molar-refractivity contribution in [2.45, 2.75) is 25.9 Å². The third-order valence-electron chi connectivity index (χ3n) is 4.12. The summed E-state index contributed by atoms with van der Waals surface area (Å²) in [6.07, 6.45) is 0.412. The van der Waals surface area contributed by atoms with Gasteiger partial charge in [0.2, 0.25) is 5.88 Å². The van der Waals surface area contributed by atoms with Crippen LogP contribution in [0, 0.1) is 0 Å². The number of rotatable bonds is 5. The number of ether oxygens (including phenoxy) is 2. The van der Waals surface area contributed by atoms with Crippen molar-refractivity contribution in [3.05, 3.63) is 53.2 Å². The molecule has 2 heterocycles. The molecule has 1 aliphatic rings. The first-order chi connectivity index (χ1) is 12.9. The number of halogens is 4. The Hall–Kier alpha value is -2.25. The van der Waals surface area contributed by atoms with Crippen molar-refractivity contribution in [1.82, 2.24) is 10.3 Å². The highest BCUT2D eigenvalue weighted by Gasteiger charge is 2.30. The standard InChI is InChI=1S/C20H21F3N2O2.ClH/c1-2-26-17-10-15(9-14-5-7-24-8-6-14)11-18(12-17)27-19-4-3-16(13-25-19)20(21,22)23;/h3-4,9-13,24H,2,5-8H2,1H3;1H. The Kier molecular flexibility index (Phi) is 7.71. The molecule has 0 amide bonds. The van der Waals surface area contributed by atoms with Gasteiger partial charge in [0.05, 0.1) is 12.2 Å². The van der Waals surface area contributed by atoms with Crippen LogP contribution in [0.5, 0.6) is 17.4 Å². The van der Waals surface area contributed by atoms with Crippen LogP contribution in [0.15, 0.2) is 42.1 Å². The summed E-state index contributed by atoms with van der Waals surface area (Å²) in [7, 11) is 0. The van der Waals surface area contributed by atoms with E-state index in [1.807, 2.05) is 19.1 Å². The second-order valence-corrected chi connectivity index (χ2v) is 6.21. The van der Waals surface area contributed by atoms with Crippen molar-refractivity contribution in [3.8, 4) is 17.4 Å². The number of pyridine rings is 1. The van der Waals surface area contributed by atoms with Crippen molar-refractivity contribution in [2.24, 2.45) is 0 Å². The largest absolute Gasteiger partial charge is 0.494 e. The van der Waals surface area contributed by atoms with Crippen molar-refractivity contribution in [2.75, 3.05) is 19.7 Å². The summed E-state index contributed by atoms with van der Waals surface area (Å²) in [6.45, 7) is 4.30. The average Bonchev–Trinajstić information content (AvgIpc) is 2.62. The van der Waals surface area contributed by atoms with E-state index >= 15 is 0 Å². The van der Waals surface area contributed by atoms with E-state index in [4.69, 9.17) is 9.47 Å². The molecule has 3 rings (SSSR count). The van der Waals surface area contributed by atoms with E-state index in [-0.39, 0.29) is 18.3 Å². The summed E-state index contributed by atoms with van der Waals surface area (Å²) in [5.74, 6) is 1.20. The molecule has 4 nitrogen and oxygen atoms in total. The minimum Gasteiger partial charge on any atom is -0.494 e. The first-order valence-electron chi connectivity index (χ1n) is 8.83. The maximum atomic E-state index is 12.7. The average molecular weight is 415 g/mol. The Morgan fingerprint density at radius 2 is 1.82 bits per heavy atom. The van der Waals surface area contributed by atoms with Crippen molar-refractivity contribution in [3.63, 3.8) is 0 Å². The lowest BCUT2D eigenvalue weighted by Crippen LogP contribution is -2.22. The molecule has 1 N–H and O–H groups in total. The predicted octanol–water partition coefficient (Wildman–Crippen LogP) is 5.48. The van der Waals surface area contributed by atoms with Gasteiger partial charge in [0.1, 0.15) is 11.5 Å². The number of alkyl halides is 3. The van der Waals surface area contributed by atoms with Crippen molar-refractivity contribution >= 4 is 18.5 Å². The number of piperidine rings is 1. The molecular formula is C20H22ClF3N2O2. The highest BCUT2D eigenvalue weighted by molar-refractivity contribution is 5.85. The van der Waals surface area contributed by atoms with Gasteiger partial charge in [0.15, 0.2) is 0 Å². The number of hydrogen-bond donors (Lipinski definition) is 1. The Bertz CT molecular complexity index is 800. The summed E-state index contributed by atoms with van der Waals surface area (Å²) in [6, 6.07) is 7.61. The van der Waals surface area contributed by atoms with Crippen LogP contribution in [0.25, 0.3) is 6.08 Å². The van der Waals surface area contributed by atoms with Gasteiger partial charge < -0.3 is 14.8 Å². The summed E-state index contributed by atoms with van der Waals surface area (Å²) in [5.41, 5.74) is 1.45. The highest BCUT2D eigenvalue weighted by Crippen LogP contribution is 2.31. The molecule has 1 saturated heterocycles. The third kappa shape index (κ3) is 6.14. The molecule has 0 radical (unpaired) electrons. The number of nitrogens with one attached hydrogen (secondary N) is 1. The number of nitrogens with zero attached hydrogens (tertiary/aromatic N) is 1. The van der Waals surface area contributed by atoms with Gasteiger partial charge in [-0.1, -0.05) is 11.6 Å². The Morgan fingerprint density at radius 3 is 2.43 bits per heavy atom. The molecule has 0 saturated carbocycles. The van der Waals surface area contributed by atoms with E-state index in [0.29, 0.717) is 18.1 Å². The monoisotopic (exact) mass is 414 g/mol. The molecule has 1 aromatic carbocycles. The number of hydrogen-bond acceptors (Lipinski definition) is 4. The Labute approximate surface area is 168 Å². The van der Waals surface area contributed by atoms with Gasteiger partial charge in [-0.25, -0.2) is 4.98 Å². The lowest BCUT2D eigenvalue weighted by atomic mass is 10.0. The zero-order chi connectivity index (χ0) is 19.3. The van der Waals surface area contributed by atoms with Crippen LogP contribution in [0.2, 0.25) is 0 Å². The zero-order valence-corrected chi connectivity index (χ0v) is 16.2. The van der Waals surface area contributed by atoms with Crippen LogP contribution >= 0.6 is 12.4 Å². The van der Waals surface area contributed by atoms with Crippen LogP contribution in [0.4, 0.5) is 13.2 Å². The highest BCUT2D eigenvalue weighted by atomic mass is 35.5. The van der Waals surface area contributed by atoms with E-state index in [2.05, 4.69) is 16.4 Å². The molecule has 0 aliphatic carbocycles. The molecule has 0 bridgehead atoms. The van der Waals surface area contributed by atoms with E-state index < -0.39 is 11.7 Å². The van der Waals surface area contributed by atoms with Gasteiger partial charge >= 0.3 is 6.18 Å². The maximum absolute atomic E-state index is 12.7. The van der Waals surface area contributed by atoms with E-state index in [9.17, 15) is 13.2 Å². The van der Waals surface area contributed by atoms with Crippen LogP contribution in [-0.2, 0) is 6.18 Å². The lowest BCUT2D eigenvalue weighted by molar-refractivity contribution is -0.137.